The molecular weight excluding hydrogens is 338 g/mol. The standard InChI is InChI=1S/C23H32NOS/c1-5-8-14-26(22-12-10-9-11-13-22)18-23(25)20-15-19(4)16-21(17-20)24(6-2)7-3/h9-13,15-17H,5-8,14,18H2,1-4H3/q+1. The molecule has 0 amide bonds. The van der Waals surface area contributed by atoms with Crippen molar-refractivity contribution in [3.05, 3.63) is 59.7 Å². The zero-order valence-corrected chi connectivity index (χ0v) is 17.4. The third kappa shape index (κ3) is 5.63. The van der Waals surface area contributed by atoms with Crippen molar-refractivity contribution in [1.29, 1.82) is 0 Å². The molecule has 0 bridgehead atoms. The molecule has 26 heavy (non-hydrogen) atoms. The highest BCUT2D eigenvalue weighted by atomic mass is 32.2. The number of unbranched alkanes of at least 4 members (excludes halogenated alkanes) is 1. The first kappa shape index (κ1) is 20.6. The minimum atomic E-state index is -0.00898. The molecule has 2 aromatic rings. The van der Waals surface area contributed by atoms with Gasteiger partial charge in [0.05, 0.1) is 0 Å². The SMILES string of the molecule is CCCC[S+](CC(=O)c1cc(C)cc(N(CC)CC)c1)c1ccccc1. The highest BCUT2D eigenvalue weighted by molar-refractivity contribution is 7.97. The van der Waals surface area contributed by atoms with Crippen molar-refractivity contribution in [3.63, 3.8) is 0 Å². The van der Waals surface area contributed by atoms with Gasteiger partial charge in [0.1, 0.15) is 5.75 Å². The van der Waals surface area contributed by atoms with Crippen LogP contribution in [-0.2, 0) is 10.9 Å². The first-order valence-corrected chi connectivity index (χ1v) is 11.3. The van der Waals surface area contributed by atoms with Gasteiger partial charge in [-0.1, -0.05) is 31.5 Å². The predicted octanol–water partition coefficient (Wildman–Crippen LogP) is 5.50. The molecule has 0 radical (unpaired) electrons. The smallest absolute Gasteiger partial charge is 0.212 e. The molecular formula is C23H32NOS+. The Morgan fingerprint density at radius 1 is 1.00 bits per heavy atom. The van der Waals surface area contributed by atoms with Crippen molar-refractivity contribution in [3.8, 4) is 0 Å². The van der Waals surface area contributed by atoms with Gasteiger partial charge in [0, 0.05) is 35.2 Å². The number of ketones is 1. The van der Waals surface area contributed by atoms with Gasteiger partial charge in [-0.15, -0.1) is 0 Å². The van der Waals surface area contributed by atoms with Gasteiger partial charge in [-0.2, -0.15) is 0 Å². The zero-order valence-electron chi connectivity index (χ0n) is 16.6. The van der Waals surface area contributed by atoms with Crippen LogP contribution in [0.25, 0.3) is 0 Å². The molecule has 2 nitrogen and oxygen atoms in total. The van der Waals surface area contributed by atoms with E-state index < -0.39 is 0 Å². The topological polar surface area (TPSA) is 20.3 Å². The van der Waals surface area contributed by atoms with Crippen LogP contribution in [0.15, 0.2) is 53.4 Å². The minimum absolute atomic E-state index is 0.00898. The van der Waals surface area contributed by atoms with E-state index in [1.54, 1.807) is 0 Å². The lowest BCUT2D eigenvalue weighted by molar-refractivity contribution is 0.102. The highest BCUT2D eigenvalue weighted by Gasteiger charge is 2.26. The van der Waals surface area contributed by atoms with Gasteiger partial charge in [-0.05, 0) is 63.1 Å². The molecule has 1 atom stereocenters. The van der Waals surface area contributed by atoms with Gasteiger partial charge in [0.2, 0.25) is 5.78 Å². The van der Waals surface area contributed by atoms with Gasteiger partial charge in [-0.25, -0.2) is 0 Å². The van der Waals surface area contributed by atoms with E-state index in [1.165, 1.54) is 17.7 Å². The largest absolute Gasteiger partial charge is 0.372 e. The zero-order chi connectivity index (χ0) is 18.9. The Bertz CT molecular complexity index is 695. The van der Waals surface area contributed by atoms with E-state index in [2.05, 4.69) is 69.0 Å². The van der Waals surface area contributed by atoms with Crippen LogP contribution in [0, 0.1) is 6.92 Å². The Balaban J connectivity index is 2.23. The normalized spacial score (nSPS) is 12.0. The number of aryl methyl sites for hydroxylation is 1. The number of Topliss-reactive ketones (excluding diaryl/α,β-unsaturated/α-hetero) is 1. The Labute approximate surface area is 162 Å². The summed E-state index contributed by atoms with van der Waals surface area (Å²) in [6.07, 6.45) is 2.34. The first-order valence-electron chi connectivity index (χ1n) is 9.71. The number of rotatable bonds is 10. The van der Waals surface area contributed by atoms with E-state index in [4.69, 9.17) is 0 Å². The van der Waals surface area contributed by atoms with Crippen LogP contribution < -0.4 is 4.90 Å². The quantitative estimate of drug-likeness (QED) is 0.406. The molecule has 0 aliphatic rings. The van der Waals surface area contributed by atoms with E-state index in [0.717, 1.165) is 35.7 Å². The average Bonchev–Trinajstić information content (AvgIpc) is 2.66. The van der Waals surface area contributed by atoms with Crippen molar-refractivity contribution in [2.75, 3.05) is 29.5 Å². The van der Waals surface area contributed by atoms with Crippen molar-refractivity contribution in [2.24, 2.45) is 0 Å². The molecule has 0 spiro atoms. The fraction of sp³-hybridized carbons (Fsp3) is 0.435. The average molecular weight is 371 g/mol. The molecule has 0 saturated heterocycles. The maximum atomic E-state index is 13.1. The van der Waals surface area contributed by atoms with Gasteiger partial charge >= 0.3 is 0 Å². The summed E-state index contributed by atoms with van der Waals surface area (Å²) in [6.45, 7) is 10.5. The number of carbonyl (C=O) groups excluding carboxylic acids is 1. The number of carbonyl (C=O) groups is 1. The summed E-state index contributed by atoms with van der Waals surface area (Å²) in [4.78, 5) is 16.7. The molecule has 0 aromatic heterocycles. The molecule has 0 fully saturated rings. The van der Waals surface area contributed by atoms with Gasteiger partial charge in [0.15, 0.2) is 10.6 Å². The van der Waals surface area contributed by atoms with Gasteiger partial charge in [0.25, 0.3) is 0 Å². The second-order valence-electron chi connectivity index (χ2n) is 6.66. The second-order valence-corrected chi connectivity index (χ2v) is 8.81. The Morgan fingerprint density at radius 2 is 1.69 bits per heavy atom. The van der Waals surface area contributed by atoms with Crippen LogP contribution in [-0.4, -0.2) is 30.4 Å². The molecule has 140 valence electrons. The monoisotopic (exact) mass is 370 g/mol. The minimum Gasteiger partial charge on any atom is -0.372 e. The second kappa shape index (κ2) is 10.4. The van der Waals surface area contributed by atoms with Crippen LogP contribution in [0.2, 0.25) is 0 Å². The summed E-state index contributed by atoms with van der Waals surface area (Å²) in [5, 5.41) is 0. The molecule has 3 heteroatoms. The molecule has 0 aliphatic carbocycles. The van der Waals surface area contributed by atoms with Crippen LogP contribution in [0.4, 0.5) is 5.69 Å². The van der Waals surface area contributed by atoms with Gasteiger partial charge in [-0.3, -0.25) is 4.79 Å². The summed E-state index contributed by atoms with van der Waals surface area (Å²) in [5.41, 5.74) is 3.18. The molecule has 0 aliphatic heterocycles. The summed E-state index contributed by atoms with van der Waals surface area (Å²) in [5.74, 6) is 1.98. The third-order valence-electron chi connectivity index (χ3n) is 4.64. The highest BCUT2D eigenvalue weighted by Crippen LogP contribution is 2.22. The Hall–Kier alpha value is -1.74. The lowest BCUT2D eigenvalue weighted by Gasteiger charge is -2.22. The number of nitrogens with zero attached hydrogens (tertiary/aromatic N) is 1. The van der Waals surface area contributed by atoms with Gasteiger partial charge < -0.3 is 4.90 Å². The Morgan fingerprint density at radius 3 is 2.31 bits per heavy atom. The molecule has 0 N–H and O–H groups in total. The number of hydrogen-bond donors (Lipinski definition) is 0. The lowest BCUT2D eigenvalue weighted by atomic mass is 10.1. The maximum absolute atomic E-state index is 13.1. The fourth-order valence-electron chi connectivity index (χ4n) is 3.14. The number of benzene rings is 2. The van der Waals surface area contributed by atoms with E-state index in [9.17, 15) is 4.79 Å². The lowest BCUT2D eigenvalue weighted by Crippen LogP contribution is -2.23. The summed E-state index contributed by atoms with van der Waals surface area (Å²) < 4.78 is 0. The molecule has 0 heterocycles. The van der Waals surface area contributed by atoms with E-state index in [1.807, 2.05) is 12.1 Å². The van der Waals surface area contributed by atoms with E-state index in [-0.39, 0.29) is 16.7 Å². The fourth-order valence-corrected chi connectivity index (χ4v) is 5.35. The van der Waals surface area contributed by atoms with E-state index >= 15 is 0 Å². The maximum Gasteiger partial charge on any atom is 0.212 e. The first-order chi connectivity index (χ1) is 12.6. The van der Waals surface area contributed by atoms with Crippen LogP contribution in [0.3, 0.4) is 0 Å². The van der Waals surface area contributed by atoms with E-state index in [0.29, 0.717) is 5.75 Å². The Kier molecular flexibility index (Phi) is 8.24. The predicted molar refractivity (Wildman–Crippen MR) is 116 cm³/mol. The molecule has 0 saturated carbocycles. The summed E-state index contributed by atoms with van der Waals surface area (Å²) in [7, 11) is -0.00898. The molecule has 2 aromatic carbocycles. The van der Waals surface area contributed by atoms with Crippen LogP contribution in [0.5, 0.6) is 0 Å². The third-order valence-corrected chi connectivity index (χ3v) is 6.97. The van der Waals surface area contributed by atoms with Crippen LogP contribution >= 0.6 is 0 Å². The van der Waals surface area contributed by atoms with Crippen molar-refractivity contribution in [1.82, 2.24) is 0 Å². The number of anilines is 1. The van der Waals surface area contributed by atoms with Crippen molar-refractivity contribution in [2.45, 2.75) is 45.4 Å². The summed E-state index contributed by atoms with van der Waals surface area (Å²) in [6, 6.07) is 16.8. The van der Waals surface area contributed by atoms with Crippen LogP contribution in [0.1, 0.15) is 49.5 Å². The van der Waals surface area contributed by atoms with Crippen molar-refractivity contribution < 1.29 is 4.79 Å². The molecule has 2 rings (SSSR count). The summed E-state index contributed by atoms with van der Waals surface area (Å²) >= 11 is 0. The number of hydrogen-bond acceptors (Lipinski definition) is 2. The molecule has 1 unspecified atom stereocenters. The van der Waals surface area contributed by atoms with Crippen molar-refractivity contribution >= 4 is 22.4 Å².